The minimum absolute atomic E-state index is 0.0198. The van der Waals surface area contributed by atoms with Gasteiger partial charge >= 0.3 is 6.18 Å². The molecular formula is C31H26F4N4O4. The Balaban J connectivity index is 1.68. The van der Waals surface area contributed by atoms with Crippen LogP contribution >= 0.6 is 0 Å². The van der Waals surface area contributed by atoms with Crippen LogP contribution in [-0.4, -0.2) is 21.1 Å². The van der Waals surface area contributed by atoms with Gasteiger partial charge in [0, 0.05) is 24.7 Å². The number of nitrogens with one attached hydrogen (secondary N) is 1. The molecule has 12 heteroatoms. The average Bonchev–Trinajstić information content (AvgIpc) is 3.38. The van der Waals surface area contributed by atoms with Crippen LogP contribution in [0, 0.1) is 19.7 Å². The summed E-state index contributed by atoms with van der Waals surface area (Å²) in [5.41, 5.74) is 6.14. The molecular weight excluding hydrogens is 568 g/mol. The molecule has 0 fully saturated rings. The maximum Gasteiger partial charge on any atom is 0.416 e. The fourth-order valence-corrected chi connectivity index (χ4v) is 5.39. The molecule has 2 aromatic heterocycles. The number of aromatic nitrogens is 2. The Bertz CT molecular complexity index is 1980. The van der Waals surface area contributed by atoms with Crippen molar-refractivity contribution < 1.29 is 31.7 Å². The first-order chi connectivity index (χ1) is 20.2. The molecule has 0 radical (unpaired) electrons. The number of carbonyl (C=O) groups excluding carboxylic acids is 2. The highest BCUT2D eigenvalue weighted by atomic mass is 19.4. The lowest BCUT2D eigenvalue weighted by Gasteiger charge is -2.15. The van der Waals surface area contributed by atoms with Gasteiger partial charge in [0.05, 0.1) is 33.5 Å². The number of nitrogens with zero attached hydrogens (tertiary/aromatic N) is 2. The summed E-state index contributed by atoms with van der Waals surface area (Å²) in [5, 5.41) is 2.69. The molecule has 0 saturated heterocycles. The molecule has 43 heavy (non-hydrogen) atoms. The quantitative estimate of drug-likeness (QED) is 0.221. The first-order valence-corrected chi connectivity index (χ1v) is 13.1. The van der Waals surface area contributed by atoms with Crippen molar-refractivity contribution in [2.75, 3.05) is 5.32 Å². The first kappa shape index (κ1) is 29.4. The zero-order valence-electron chi connectivity index (χ0n) is 23.5. The predicted molar refractivity (Wildman–Crippen MR) is 153 cm³/mol. The molecule has 2 heterocycles. The van der Waals surface area contributed by atoms with E-state index in [1.54, 1.807) is 49.6 Å². The number of primary amides is 1. The fourth-order valence-electron chi connectivity index (χ4n) is 5.39. The highest BCUT2D eigenvalue weighted by Gasteiger charge is 2.34. The van der Waals surface area contributed by atoms with Crippen LogP contribution in [0.5, 0.6) is 0 Å². The minimum Gasteiger partial charge on any atom is -0.381 e. The van der Waals surface area contributed by atoms with Crippen LogP contribution in [0.15, 0.2) is 63.9 Å². The monoisotopic (exact) mass is 594 g/mol. The Hall–Kier alpha value is -5.13. The second kappa shape index (κ2) is 10.6. The van der Waals surface area contributed by atoms with Gasteiger partial charge in [0.1, 0.15) is 11.6 Å². The van der Waals surface area contributed by atoms with E-state index in [0.717, 1.165) is 29.0 Å². The molecule has 0 spiro atoms. The minimum atomic E-state index is -4.75. The molecule has 3 aromatic carbocycles. The number of rotatable bonds is 6. The van der Waals surface area contributed by atoms with Gasteiger partial charge in [0.25, 0.3) is 17.4 Å². The number of benzene rings is 3. The van der Waals surface area contributed by atoms with Crippen molar-refractivity contribution in [3.05, 3.63) is 98.8 Å². The Morgan fingerprint density at radius 2 is 1.63 bits per heavy atom. The lowest BCUT2D eigenvalue weighted by molar-refractivity contribution is -0.137. The molecule has 3 N–H and O–H groups in total. The SMILES string of the molecule is CCn1c(-c2ccc(-c3c(C)on(C)c3=O)cc2)c(C)c2cc(C(F)(F)F)cc(C(=O)Nc3ccc(F)c(C(N)=O)c3)c21. The van der Waals surface area contributed by atoms with Crippen molar-refractivity contribution >= 4 is 28.4 Å². The van der Waals surface area contributed by atoms with Gasteiger partial charge in [0.2, 0.25) is 0 Å². The van der Waals surface area contributed by atoms with E-state index < -0.39 is 34.9 Å². The third-order valence-corrected chi connectivity index (χ3v) is 7.36. The summed E-state index contributed by atoms with van der Waals surface area (Å²) in [6.45, 7) is 5.45. The molecule has 222 valence electrons. The van der Waals surface area contributed by atoms with E-state index in [-0.39, 0.29) is 27.7 Å². The number of anilines is 1. The summed E-state index contributed by atoms with van der Waals surface area (Å²) >= 11 is 0. The maximum absolute atomic E-state index is 14.0. The number of aryl methyl sites for hydroxylation is 4. The highest BCUT2D eigenvalue weighted by molar-refractivity contribution is 6.14. The molecule has 5 aromatic rings. The number of nitrogens with two attached hydrogens (primary N) is 1. The second-order valence-electron chi connectivity index (χ2n) is 10.1. The van der Waals surface area contributed by atoms with Crippen LogP contribution in [0.1, 0.15) is 44.5 Å². The summed E-state index contributed by atoms with van der Waals surface area (Å²) in [7, 11) is 1.51. The number of alkyl halides is 3. The zero-order valence-corrected chi connectivity index (χ0v) is 23.5. The van der Waals surface area contributed by atoms with Crippen LogP contribution in [-0.2, 0) is 19.8 Å². The lowest BCUT2D eigenvalue weighted by Crippen LogP contribution is -2.18. The predicted octanol–water partition coefficient (Wildman–Crippen LogP) is 6.41. The standard InChI is InChI=1S/C31H26F4N4O4/c1-5-39-26(18-8-6-17(7-9-18)25-16(3)43-38(4)30(25)42)15(2)21-12-19(31(33,34)35)13-23(27(21)39)29(41)37-20-10-11-24(32)22(14-20)28(36)40/h6-14H,5H2,1-4H3,(H2,36,40)(H,37,41). The maximum atomic E-state index is 14.0. The Labute approximate surface area is 242 Å². The van der Waals surface area contributed by atoms with Gasteiger partial charge in [-0.3, -0.25) is 14.4 Å². The van der Waals surface area contributed by atoms with Crippen LogP contribution in [0.25, 0.3) is 33.3 Å². The van der Waals surface area contributed by atoms with Gasteiger partial charge < -0.3 is 20.1 Å². The number of hydrogen-bond acceptors (Lipinski definition) is 4. The number of carbonyl (C=O) groups is 2. The zero-order chi connectivity index (χ0) is 31.4. The Morgan fingerprint density at radius 3 is 2.19 bits per heavy atom. The summed E-state index contributed by atoms with van der Waals surface area (Å²) in [6.07, 6.45) is -4.75. The summed E-state index contributed by atoms with van der Waals surface area (Å²) in [5.74, 6) is -2.41. The largest absolute Gasteiger partial charge is 0.416 e. The number of amides is 2. The molecule has 2 amide bonds. The highest BCUT2D eigenvalue weighted by Crippen LogP contribution is 2.40. The third-order valence-electron chi connectivity index (χ3n) is 7.36. The van der Waals surface area contributed by atoms with Gasteiger partial charge in [-0.2, -0.15) is 17.9 Å². The van der Waals surface area contributed by atoms with Crippen molar-refractivity contribution in [2.24, 2.45) is 12.8 Å². The van der Waals surface area contributed by atoms with Gasteiger partial charge in [-0.05, 0) is 67.8 Å². The molecule has 0 unspecified atom stereocenters. The molecule has 0 aliphatic heterocycles. The number of hydrogen-bond donors (Lipinski definition) is 2. The van der Waals surface area contributed by atoms with Crippen molar-refractivity contribution in [3.63, 3.8) is 0 Å². The van der Waals surface area contributed by atoms with E-state index >= 15 is 0 Å². The first-order valence-electron chi connectivity index (χ1n) is 13.1. The molecule has 0 bridgehead atoms. The van der Waals surface area contributed by atoms with E-state index in [4.69, 9.17) is 10.3 Å². The number of fused-ring (bicyclic) bond motifs is 1. The van der Waals surface area contributed by atoms with Crippen molar-refractivity contribution in [1.82, 2.24) is 9.31 Å². The molecule has 5 rings (SSSR count). The van der Waals surface area contributed by atoms with Crippen LogP contribution in [0.3, 0.4) is 0 Å². The second-order valence-corrected chi connectivity index (χ2v) is 10.1. The summed E-state index contributed by atoms with van der Waals surface area (Å²) in [4.78, 5) is 37.6. The van der Waals surface area contributed by atoms with Crippen molar-refractivity contribution in [2.45, 2.75) is 33.5 Å². The van der Waals surface area contributed by atoms with Gasteiger partial charge in [-0.15, -0.1) is 0 Å². The van der Waals surface area contributed by atoms with Crippen LogP contribution in [0.2, 0.25) is 0 Å². The Morgan fingerprint density at radius 1 is 0.977 bits per heavy atom. The van der Waals surface area contributed by atoms with E-state index in [0.29, 0.717) is 40.3 Å². The van der Waals surface area contributed by atoms with E-state index in [2.05, 4.69) is 5.32 Å². The van der Waals surface area contributed by atoms with Gasteiger partial charge in [-0.1, -0.05) is 24.3 Å². The lowest BCUT2D eigenvalue weighted by atomic mass is 10.00. The van der Waals surface area contributed by atoms with Crippen LogP contribution < -0.4 is 16.6 Å². The molecule has 0 aliphatic carbocycles. The molecule has 0 atom stereocenters. The van der Waals surface area contributed by atoms with E-state index in [1.807, 2.05) is 0 Å². The van der Waals surface area contributed by atoms with Crippen molar-refractivity contribution in [3.8, 4) is 22.4 Å². The van der Waals surface area contributed by atoms with E-state index in [1.165, 1.54) is 13.1 Å². The topological polar surface area (TPSA) is 112 Å². The normalized spacial score (nSPS) is 11.7. The van der Waals surface area contributed by atoms with E-state index in [9.17, 15) is 31.9 Å². The third kappa shape index (κ3) is 5.09. The fraction of sp³-hybridized carbons (Fsp3) is 0.194. The summed E-state index contributed by atoms with van der Waals surface area (Å²) in [6, 6.07) is 11.9. The van der Waals surface area contributed by atoms with Crippen LogP contribution in [0.4, 0.5) is 23.2 Å². The molecule has 0 aliphatic rings. The smallest absolute Gasteiger partial charge is 0.381 e. The number of halogens is 4. The average molecular weight is 595 g/mol. The summed E-state index contributed by atoms with van der Waals surface area (Å²) < 4.78 is 64.3. The van der Waals surface area contributed by atoms with Gasteiger partial charge in [0.15, 0.2) is 0 Å². The molecule has 0 saturated carbocycles. The van der Waals surface area contributed by atoms with Gasteiger partial charge in [-0.25, -0.2) is 4.39 Å². The Kier molecular flexibility index (Phi) is 7.25. The van der Waals surface area contributed by atoms with Crippen molar-refractivity contribution in [1.29, 1.82) is 0 Å². The molecule has 8 nitrogen and oxygen atoms in total.